The number of nitrogens with zero attached hydrogens (tertiary/aromatic N) is 2. The van der Waals surface area contributed by atoms with Crippen molar-refractivity contribution in [2.75, 3.05) is 30.4 Å². The molecule has 0 spiro atoms. The SMILES string of the molecule is CS(=O)(=O)N1CCC(Nc2cc3[nH]ncc3cc2N)CC1. The summed E-state index contributed by atoms with van der Waals surface area (Å²) in [6.45, 7) is 1.09. The van der Waals surface area contributed by atoms with Crippen molar-refractivity contribution >= 4 is 32.3 Å². The summed E-state index contributed by atoms with van der Waals surface area (Å²) in [5.41, 5.74) is 8.52. The van der Waals surface area contributed by atoms with Crippen LogP contribution in [0.2, 0.25) is 0 Å². The standard InChI is InChI=1S/C13H19N5O2S/c1-21(19,20)18-4-2-10(3-5-18)16-13-7-12-9(6-11(13)14)8-15-17-12/h6-8,10,16H,2-5,14H2,1H3,(H,15,17). The number of hydrogen-bond acceptors (Lipinski definition) is 5. The summed E-state index contributed by atoms with van der Waals surface area (Å²) in [6, 6.07) is 4.05. The average molecular weight is 309 g/mol. The number of sulfonamides is 1. The summed E-state index contributed by atoms with van der Waals surface area (Å²) in [5.74, 6) is 0. The van der Waals surface area contributed by atoms with Gasteiger partial charge in [-0.1, -0.05) is 0 Å². The second-order valence-corrected chi connectivity index (χ2v) is 7.46. The summed E-state index contributed by atoms with van der Waals surface area (Å²) in [7, 11) is -3.08. The molecule has 1 aromatic carbocycles. The van der Waals surface area contributed by atoms with Crippen molar-refractivity contribution < 1.29 is 8.42 Å². The van der Waals surface area contributed by atoms with Gasteiger partial charge in [-0.25, -0.2) is 12.7 Å². The van der Waals surface area contributed by atoms with Crippen molar-refractivity contribution in [1.29, 1.82) is 0 Å². The predicted octanol–water partition coefficient (Wildman–Crippen LogP) is 0.981. The van der Waals surface area contributed by atoms with Crippen LogP contribution in [0.4, 0.5) is 11.4 Å². The second kappa shape index (κ2) is 5.19. The number of aromatic amines is 1. The first-order valence-electron chi connectivity index (χ1n) is 6.88. The molecule has 0 radical (unpaired) electrons. The monoisotopic (exact) mass is 309 g/mol. The number of anilines is 2. The minimum atomic E-state index is -3.08. The Morgan fingerprint density at radius 3 is 2.76 bits per heavy atom. The van der Waals surface area contributed by atoms with E-state index < -0.39 is 10.0 Å². The van der Waals surface area contributed by atoms with Crippen molar-refractivity contribution in [3.63, 3.8) is 0 Å². The first-order chi connectivity index (χ1) is 9.93. The van der Waals surface area contributed by atoms with Gasteiger partial charge < -0.3 is 11.1 Å². The maximum atomic E-state index is 11.5. The van der Waals surface area contributed by atoms with E-state index in [0.717, 1.165) is 29.4 Å². The van der Waals surface area contributed by atoms with Gasteiger partial charge in [-0.2, -0.15) is 5.10 Å². The van der Waals surface area contributed by atoms with E-state index in [9.17, 15) is 8.42 Å². The fourth-order valence-electron chi connectivity index (χ4n) is 2.69. The molecule has 2 aromatic rings. The fourth-order valence-corrected chi connectivity index (χ4v) is 3.56. The maximum Gasteiger partial charge on any atom is 0.211 e. The molecule has 0 amide bonds. The van der Waals surface area contributed by atoms with Crippen LogP contribution in [0.25, 0.3) is 10.9 Å². The largest absolute Gasteiger partial charge is 0.397 e. The highest BCUT2D eigenvalue weighted by Crippen LogP contribution is 2.27. The van der Waals surface area contributed by atoms with Crippen LogP contribution in [-0.2, 0) is 10.0 Å². The molecule has 21 heavy (non-hydrogen) atoms. The third-order valence-corrected chi connectivity index (χ3v) is 5.20. The van der Waals surface area contributed by atoms with Gasteiger partial charge in [0.1, 0.15) is 0 Å². The first-order valence-corrected chi connectivity index (χ1v) is 8.72. The van der Waals surface area contributed by atoms with E-state index in [2.05, 4.69) is 15.5 Å². The van der Waals surface area contributed by atoms with Crippen molar-refractivity contribution in [3.8, 4) is 0 Å². The summed E-state index contributed by atoms with van der Waals surface area (Å²) in [6.07, 6.45) is 4.53. The molecule has 1 aliphatic rings. The van der Waals surface area contributed by atoms with Crippen LogP contribution in [0.1, 0.15) is 12.8 Å². The molecular formula is C13H19N5O2S. The lowest BCUT2D eigenvalue weighted by atomic mass is 10.1. The maximum absolute atomic E-state index is 11.5. The lowest BCUT2D eigenvalue weighted by Crippen LogP contribution is -2.41. The zero-order valence-electron chi connectivity index (χ0n) is 11.8. The van der Waals surface area contributed by atoms with E-state index in [4.69, 9.17) is 5.73 Å². The highest BCUT2D eigenvalue weighted by atomic mass is 32.2. The van der Waals surface area contributed by atoms with Gasteiger partial charge in [-0.05, 0) is 25.0 Å². The van der Waals surface area contributed by atoms with E-state index in [1.807, 2.05) is 12.1 Å². The van der Waals surface area contributed by atoms with E-state index in [1.54, 1.807) is 6.20 Å². The van der Waals surface area contributed by atoms with Gasteiger partial charge in [0.05, 0.1) is 29.3 Å². The molecule has 3 rings (SSSR count). The van der Waals surface area contributed by atoms with Crippen molar-refractivity contribution in [1.82, 2.24) is 14.5 Å². The summed E-state index contributed by atoms with van der Waals surface area (Å²) < 4.78 is 24.5. The number of hydrogen-bond donors (Lipinski definition) is 3. The third-order valence-electron chi connectivity index (χ3n) is 3.89. The Kier molecular flexibility index (Phi) is 3.50. The van der Waals surface area contributed by atoms with Crippen LogP contribution in [0, 0.1) is 0 Å². The summed E-state index contributed by atoms with van der Waals surface area (Å²) in [4.78, 5) is 0. The molecule has 0 unspecified atom stereocenters. The third kappa shape index (κ3) is 2.96. The molecule has 1 saturated heterocycles. The zero-order chi connectivity index (χ0) is 15.0. The Morgan fingerprint density at radius 2 is 2.10 bits per heavy atom. The number of aromatic nitrogens is 2. The number of fused-ring (bicyclic) bond motifs is 1. The second-order valence-electron chi connectivity index (χ2n) is 5.48. The molecule has 4 N–H and O–H groups in total. The number of nitrogens with two attached hydrogens (primary N) is 1. The highest BCUT2D eigenvalue weighted by molar-refractivity contribution is 7.88. The number of nitrogens with one attached hydrogen (secondary N) is 2. The minimum Gasteiger partial charge on any atom is -0.397 e. The zero-order valence-corrected chi connectivity index (χ0v) is 12.7. The first kappa shape index (κ1) is 14.2. The van der Waals surface area contributed by atoms with E-state index in [1.165, 1.54) is 10.6 Å². The Hall–Kier alpha value is -1.80. The van der Waals surface area contributed by atoms with E-state index in [-0.39, 0.29) is 6.04 Å². The molecule has 1 fully saturated rings. The van der Waals surface area contributed by atoms with Crippen molar-refractivity contribution in [2.24, 2.45) is 0 Å². The lowest BCUT2D eigenvalue weighted by Gasteiger charge is -2.31. The Morgan fingerprint density at radius 1 is 1.38 bits per heavy atom. The van der Waals surface area contributed by atoms with Crippen LogP contribution in [0.5, 0.6) is 0 Å². The van der Waals surface area contributed by atoms with Crippen molar-refractivity contribution in [2.45, 2.75) is 18.9 Å². The minimum absolute atomic E-state index is 0.227. The molecular weight excluding hydrogens is 290 g/mol. The van der Waals surface area contributed by atoms with Crippen LogP contribution >= 0.6 is 0 Å². The summed E-state index contributed by atoms with van der Waals surface area (Å²) >= 11 is 0. The Balaban J connectivity index is 1.70. The van der Waals surface area contributed by atoms with Crippen LogP contribution < -0.4 is 11.1 Å². The van der Waals surface area contributed by atoms with Gasteiger partial charge >= 0.3 is 0 Å². The molecule has 2 heterocycles. The quantitative estimate of drug-likeness (QED) is 0.733. The van der Waals surface area contributed by atoms with Gasteiger partial charge in [0, 0.05) is 24.5 Å². The number of piperidine rings is 1. The van der Waals surface area contributed by atoms with Gasteiger partial charge in [-0.3, -0.25) is 5.10 Å². The van der Waals surface area contributed by atoms with E-state index >= 15 is 0 Å². The predicted molar refractivity (Wildman–Crippen MR) is 83.6 cm³/mol. The number of nitrogen functional groups attached to an aromatic ring is 1. The smallest absolute Gasteiger partial charge is 0.211 e. The van der Waals surface area contributed by atoms with Gasteiger partial charge in [0.25, 0.3) is 0 Å². The van der Waals surface area contributed by atoms with Crippen molar-refractivity contribution in [3.05, 3.63) is 18.3 Å². The number of rotatable bonds is 3. The van der Waals surface area contributed by atoms with Crippen LogP contribution in [0.3, 0.4) is 0 Å². The van der Waals surface area contributed by atoms with Gasteiger partial charge in [0.15, 0.2) is 0 Å². The highest BCUT2D eigenvalue weighted by Gasteiger charge is 2.25. The van der Waals surface area contributed by atoms with Gasteiger partial charge in [-0.15, -0.1) is 0 Å². The fraction of sp³-hybridized carbons (Fsp3) is 0.462. The lowest BCUT2D eigenvalue weighted by molar-refractivity contribution is 0.332. The van der Waals surface area contributed by atoms with Gasteiger partial charge in [0.2, 0.25) is 10.0 Å². The number of benzene rings is 1. The topological polar surface area (TPSA) is 104 Å². The molecule has 0 saturated carbocycles. The number of H-pyrrole nitrogens is 1. The normalized spacial score (nSPS) is 18.1. The molecule has 0 atom stereocenters. The molecule has 1 aliphatic heterocycles. The Bertz CT molecular complexity index is 747. The molecule has 114 valence electrons. The average Bonchev–Trinajstić information content (AvgIpc) is 2.86. The molecule has 0 bridgehead atoms. The molecule has 1 aromatic heterocycles. The van der Waals surface area contributed by atoms with Crippen LogP contribution in [-0.4, -0.2) is 48.3 Å². The molecule has 7 nitrogen and oxygen atoms in total. The van der Waals surface area contributed by atoms with Crippen LogP contribution in [0.15, 0.2) is 18.3 Å². The Labute approximate surface area is 123 Å². The van der Waals surface area contributed by atoms with E-state index in [0.29, 0.717) is 18.8 Å². The summed E-state index contributed by atoms with van der Waals surface area (Å²) in [5, 5.41) is 11.3. The molecule has 8 heteroatoms. The molecule has 0 aliphatic carbocycles.